The number of hydrogen-bond acceptors (Lipinski definition) is 4. The van der Waals surface area contributed by atoms with Crippen LogP contribution in [0.15, 0.2) is 23.1 Å². The lowest BCUT2D eigenvalue weighted by Gasteiger charge is -2.18. The summed E-state index contributed by atoms with van der Waals surface area (Å²) < 4.78 is 55.7. The Bertz CT molecular complexity index is 1130. The Morgan fingerprint density at radius 2 is 2.00 bits per heavy atom. The molecule has 0 spiro atoms. The summed E-state index contributed by atoms with van der Waals surface area (Å²) in [7, 11) is 0. The Balaban J connectivity index is 1.73. The van der Waals surface area contributed by atoms with Gasteiger partial charge in [-0.3, -0.25) is 4.79 Å². The van der Waals surface area contributed by atoms with Crippen LogP contribution in [-0.2, 0) is 0 Å². The molecule has 0 bridgehead atoms. The lowest BCUT2D eigenvalue weighted by atomic mass is 10.0. The van der Waals surface area contributed by atoms with E-state index in [1.165, 1.54) is 13.3 Å². The summed E-state index contributed by atoms with van der Waals surface area (Å²) in [5, 5.41) is 4.90. The minimum Gasteiger partial charge on any atom is -0.342 e. The maximum Gasteiger partial charge on any atom is 0.261 e. The van der Waals surface area contributed by atoms with Crippen molar-refractivity contribution in [3.8, 4) is 0 Å². The molecule has 3 aromatic rings. The Kier molecular flexibility index (Phi) is 4.72. The van der Waals surface area contributed by atoms with Gasteiger partial charge in [0.25, 0.3) is 12.3 Å². The quantitative estimate of drug-likeness (QED) is 0.375. The van der Waals surface area contributed by atoms with Crippen LogP contribution in [0.2, 0.25) is 0 Å². The van der Waals surface area contributed by atoms with Crippen LogP contribution in [0.3, 0.4) is 0 Å². The standard InChI is InChI=1S/C18H14BrF4N5O/c1-7-8(16(29)28-18(2-3-18)17(22)23)4-9(13(21)12(7)20)26-15-14-10(24-6-25-14)5-11(19)27-15/h4-6,17H,2-3H2,1H3,(H,24,25)(H,26,27)(H,28,29). The summed E-state index contributed by atoms with van der Waals surface area (Å²) >= 11 is 3.21. The maximum absolute atomic E-state index is 14.5. The Morgan fingerprint density at radius 3 is 2.66 bits per heavy atom. The number of pyridine rings is 1. The second kappa shape index (κ2) is 6.97. The van der Waals surface area contributed by atoms with E-state index in [4.69, 9.17) is 0 Å². The zero-order valence-corrected chi connectivity index (χ0v) is 16.5. The topological polar surface area (TPSA) is 82.7 Å². The van der Waals surface area contributed by atoms with Crippen molar-refractivity contribution in [1.29, 1.82) is 0 Å². The highest BCUT2D eigenvalue weighted by Gasteiger charge is 2.52. The molecule has 3 N–H and O–H groups in total. The molecule has 0 radical (unpaired) electrons. The van der Waals surface area contributed by atoms with Crippen molar-refractivity contribution in [2.24, 2.45) is 0 Å². The molecule has 2 heterocycles. The van der Waals surface area contributed by atoms with Crippen molar-refractivity contribution < 1.29 is 22.4 Å². The van der Waals surface area contributed by atoms with Crippen LogP contribution in [0.25, 0.3) is 11.0 Å². The molecule has 0 saturated heterocycles. The predicted octanol–water partition coefficient (Wildman–Crippen LogP) is 4.58. The first-order valence-electron chi connectivity index (χ1n) is 8.58. The average molecular weight is 472 g/mol. The van der Waals surface area contributed by atoms with Crippen LogP contribution in [0, 0.1) is 18.6 Å². The number of rotatable bonds is 5. The highest BCUT2D eigenvalue weighted by Crippen LogP contribution is 2.41. The number of aromatic nitrogens is 3. The number of aromatic amines is 1. The second-order valence-corrected chi connectivity index (χ2v) is 7.66. The van der Waals surface area contributed by atoms with E-state index in [9.17, 15) is 22.4 Å². The van der Waals surface area contributed by atoms with Gasteiger partial charge in [-0.1, -0.05) is 0 Å². The Hall–Kier alpha value is -2.69. The van der Waals surface area contributed by atoms with Crippen LogP contribution in [0.1, 0.15) is 28.8 Å². The number of halogens is 5. The van der Waals surface area contributed by atoms with Gasteiger partial charge in [-0.15, -0.1) is 0 Å². The molecule has 1 aromatic carbocycles. The van der Waals surface area contributed by atoms with Crippen molar-refractivity contribution in [2.75, 3.05) is 5.32 Å². The number of carbonyl (C=O) groups excluding carboxylic acids is 1. The van der Waals surface area contributed by atoms with Gasteiger partial charge >= 0.3 is 0 Å². The normalized spacial score (nSPS) is 15.0. The van der Waals surface area contributed by atoms with Crippen LogP contribution in [0.5, 0.6) is 0 Å². The van der Waals surface area contributed by atoms with E-state index in [1.54, 1.807) is 6.07 Å². The van der Waals surface area contributed by atoms with E-state index in [1.807, 2.05) is 0 Å². The number of hydrogen-bond donors (Lipinski definition) is 3. The third-order valence-electron chi connectivity index (χ3n) is 4.90. The molecule has 0 unspecified atom stereocenters. The number of imidazole rings is 1. The lowest BCUT2D eigenvalue weighted by molar-refractivity contribution is 0.0679. The molecule has 4 rings (SSSR count). The maximum atomic E-state index is 14.5. The fraction of sp³-hybridized carbons (Fsp3) is 0.278. The van der Waals surface area contributed by atoms with Crippen molar-refractivity contribution in [3.05, 3.63) is 45.8 Å². The van der Waals surface area contributed by atoms with Crippen molar-refractivity contribution in [2.45, 2.75) is 31.7 Å². The van der Waals surface area contributed by atoms with E-state index in [0.717, 1.165) is 6.07 Å². The lowest BCUT2D eigenvalue weighted by Crippen LogP contribution is -2.42. The number of nitrogens with zero attached hydrogens (tertiary/aromatic N) is 2. The van der Waals surface area contributed by atoms with E-state index in [2.05, 4.69) is 41.5 Å². The van der Waals surface area contributed by atoms with Crippen LogP contribution < -0.4 is 10.6 Å². The minimum absolute atomic E-state index is 0.129. The fourth-order valence-electron chi connectivity index (χ4n) is 3.00. The number of amides is 1. The fourth-order valence-corrected chi connectivity index (χ4v) is 3.39. The molecule has 2 aromatic heterocycles. The zero-order valence-electron chi connectivity index (χ0n) is 14.9. The third kappa shape index (κ3) is 3.43. The highest BCUT2D eigenvalue weighted by molar-refractivity contribution is 9.10. The smallest absolute Gasteiger partial charge is 0.261 e. The Morgan fingerprint density at radius 1 is 1.28 bits per heavy atom. The van der Waals surface area contributed by atoms with Crippen molar-refractivity contribution in [3.63, 3.8) is 0 Å². The SMILES string of the molecule is Cc1c(C(=O)NC2(C(F)F)CC2)cc(Nc2nc(Br)cc3nc[nH]c23)c(F)c1F. The molecule has 1 fully saturated rings. The molecular weight excluding hydrogens is 458 g/mol. The predicted molar refractivity (Wildman–Crippen MR) is 101 cm³/mol. The second-order valence-electron chi connectivity index (χ2n) is 6.85. The first kappa shape index (κ1) is 19.6. The molecule has 0 aliphatic heterocycles. The number of anilines is 2. The summed E-state index contributed by atoms with van der Waals surface area (Å²) in [5.41, 5.74) is -1.52. The molecule has 1 aliphatic carbocycles. The summed E-state index contributed by atoms with van der Waals surface area (Å²) in [6.45, 7) is 1.21. The first-order chi connectivity index (χ1) is 13.7. The van der Waals surface area contributed by atoms with E-state index in [0.29, 0.717) is 15.6 Å². The largest absolute Gasteiger partial charge is 0.342 e. The molecule has 1 amide bonds. The summed E-state index contributed by atoms with van der Waals surface area (Å²) in [6.07, 6.45) is -1.07. The van der Waals surface area contributed by atoms with E-state index < -0.39 is 29.5 Å². The number of nitrogens with one attached hydrogen (secondary N) is 3. The van der Waals surface area contributed by atoms with Gasteiger partial charge in [0.1, 0.15) is 15.7 Å². The van der Waals surface area contributed by atoms with Gasteiger partial charge < -0.3 is 15.6 Å². The highest BCUT2D eigenvalue weighted by atomic mass is 79.9. The summed E-state index contributed by atoms with van der Waals surface area (Å²) in [6, 6.07) is 2.71. The van der Waals surface area contributed by atoms with Gasteiger partial charge in [-0.05, 0) is 47.8 Å². The van der Waals surface area contributed by atoms with Crippen molar-refractivity contribution in [1.82, 2.24) is 20.3 Å². The number of fused-ring (bicyclic) bond motifs is 1. The number of alkyl halides is 2. The van der Waals surface area contributed by atoms with Gasteiger partial charge in [0.05, 0.1) is 17.5 Å². The molecule has 152 valence electrons. The zero-order chi connectivity index (χ0) is 20.9. The van der Waals surface area contributed by atoms with Gasteiger partial charge in [0.2, 0.25) is 0 Å². The van der Waals surface area contributed by atoms with Crippen LogP contribution >= 0.6 is 15.9 Å². The van der Waals surface area contributed by atoms with Gasteiger partial charge in [-0.25, -0.2) is 27.5 Å². The Labute approximate surface area is 170 Å². The van der Waals surface area contributed by atoms with E-state index >= 15 is 0 Å². The molecule has 11 heteroatoms. The molecular formula is C18H14BrF4N5O. The number of H-pyrrole nitrogens is 1. The number of carbonyl (C=O) groups is 1. The molecule has 29 heavy (non-hydrogen) atoms. The third-order valence-corrected chi connectivity index (χ3v) is 5.30. The van der Waals surface area contributed by atoms with E-state index in [-0.39, 0.29) is 35.5 Å². The van der Waals surface area contributed by atoms with Gasteiger partial charge in [-0.2, -0.15) is 0 Å². The van der Waals surface area contributed by atoms with Gasteiger partial charge in [0, 0.05) is 11.1 Å². The molecule has 6 nitrogen and oxygen atoms in total. The van der Waals surface area contributed by atoms with Gasteiger partial charge in [0.15, 0.2) is 17.5 Å². The van der Waals surface area contributed by atoms with Crippen molar-refractivity contribution >= 4 is 44.4 Å². The molecule has 1 saturated carbocycles. The minimum atomic E-state index is -2.74. The number of benzene rings is 1. The van der Waals surface area contributed by atoms with Crippen LogP contribution in [-0.4, -0.2) is 32.8 Å². The average Bonchev–Trinajstić information content (AvgIpc) is 3.30. The molecule has 1 aliphatic rings. The summed E-state index contributed by atoms with van der Waals surface area (Å²) in [4.78, 5) is 23.6. The monoisotopic (exact) mass is 471 g/mol. The summed E-state index contributed by atoms with van der Waals surface area (Å²) in [5.74, 6) is -3.22. The molecule has 0 atom stereocenters. The first-order valence-corrected chi connectivity index (χ1v) is 9.37. The van der Waals surface area contributed by atoms with Crippen LogP contribution in [0.4, 0.5) is 29.1 Å².